The molecule has 0 radical (unpaired) electrons. The zero-order valence-corrected chi connectivity index (χ0v) is 10.3. The molecule has 1 aliphatic heterocycles. The molecule has 4 N–H and O–H groups in total. The Balaban J connectivity index is 1.87. The van der Waals surface area contributed by atoms with Crippen LogP contribution < -0.4 is 15.5 Å². The van der Waals surface area contributed by atoms with Crippen molar-refractivity contribution in [3.05, 3.63) is 53.6 Å². The Kier molecular flexibility index (Phi) is 2.92. The summed E-state index contributed by atoms with van der Waals surface area (Å²) in [6, 6.07) is 11.5. The summed E-state index contributed by atoms with van der Waals surface area (Å²) in [5.74, 6) is 0.174. The fourth-order valence-electron chi connectivity index (χ4n) is 2.09. The summed E-state index contributed by atoms with van der Waals surface area (Å²) in [5, 5.41) is 21.2. The van der Waals surface area contributed by atoms with E-state index < -0.39 is 12.1 Å². The van der Waals surface area contributed by atoms with E-state index in [9.17, 15) is 9.90 Å². The zero-order valence-electron chi connectivity index (χ0n) is 10.3. The number of phenols is 1. The molecule has 2 aromatic carbocycles. The highest BCUT2D eigenvalue weighted by molar-refractivity contribution is 5.95. The fraction of sp³-hybridized carbons (Fsp3) is 0.0714. The van der Waals surface area contributed by atoms with Crippen LogP contribution in [0.3, 0.4) is 0 Å². The molecule has 6 nitrogen and oxygen atoms in total. The maximum Gasteiger partial charge on any atom is 0.274 e. The van der Waals surface area contributed by atoms with E-state index in [1.165, 1.54) is 0 Å². The van der Waals surface area contributed by atoms with Crippen LogP contribution in [0.5, 0.6) is 11.5 Å². The van der Waals surface area contributed by atoms with Crippen molar-refractivity contribution in [3.8, 4) is 11.5 Å². The van der Waals surface area contributed by atoms with Crippen molar-refractivity contribution >= 4 is 11.6 Å². The van der Waals surface area contributed by atoms with Gasteiger partial charge in [-0.2, -0.15) is 0 Å². The third kappa shape index (κ3) is 2.12. The molecule has 0 fully saturated rings. The highest BCUT2D eigenvalue weighted by Crippen LogP contribution is 2.38. The predicted octanol–water partition coefficient (Wildman–Crippen LogP) is 2.01. The minimum absolute atomic E-state index is 0.157. The van der Waals surface area contributed by atoms with Gasteiger partial charge in [0.25, 0.3) is 5.91 Å². The van der Waals surface area contributed by atoms with Gasteiger partial charge in [0.15, 0.2) is 6.23 Å². The Labute approximate surface area is 114 Å². The molecular weight excluding hydrogens is 260 g/mol. The number of phenolic OH excluding ortho intramolecular Hbond substituents is 1. The lowest BCUT2D eigenvalue weighted by atomic mass is 10.1. The smallest absolute Gasteiger partial charge is 0.274 e. The van der Waals surface area contributed by atoms with Gasteiger partial charge in [0, 0.05) is 11.1 Å². The first-order valence-electron chi connectivity index (χ1n) is 5.98. The van der Waals surface area contributed by atoms with Crippen molar-refractivity contribution in [1.82, 2.24) is 5.48 Å². The fourth-order valence-corrected chi connectivity index (χ4v) is 2.09. The minimum Gasteiger partial charge on any atom is -0.508 e. The van der Waals surface area contributed by atoms with E-state index in [1.54, 1.807) is 41.9 Å². The van der Waals surface area contributed by atoms with Crippen LogP contribution in [0.25, 0.3) is 0 Å². The average molecular weight is 272 g/mol. The zero-order chi connectivity index (χ0) is 14.1. The number of rotatable bonds is 2. The number of anilines is 1. The summed E-state index contributed by atoms with van der Waals surface area (Å²) in [4.78, 5) is 11.3. The van der Waals surface area contributed by atoms with Gasteiger partial charge < -0.3 is 15.2 Å². The SMILES string of the molecule is O=C(NO)c1ccc2c(c1)NC(c1cccc(O)c1)O2. The molecule has 0 saturated carbocycles. The second-order valence-electron chi connectivity index (χ2n) is 4.39. The van der Waals surface area contributed by atoms with Gasteiger partial charge in [0.05, 0.1) is 5.69 Å². The van der Waals surface area contributed by atoms with Gasteiger partial charge in [-0.3, -0.25) is 10.0 Å². The number of carbonyl (C=O) groups excluding carboxylic acids is 1. The molecule has 0 aliphatic carbocycles. The van der Waals surface area contributed by atoms with E-state index in [4.69, 9.17) is 9.94 Å². The van der Waals surface area contributed by atoms with Gasteiger partial charge >= 0.3 is 0 Å². The van der Waals surface area contributed by atoms with Gasteiger partial charge in [0.2, 0.25) is 0 Å². The van der Waals surface area contributed by atoms with Gasteiger partial charge in [-0.25, -0.2) is 5.48 Å². The van der Waals surface area contributed by atoms with Crippen molar-refractivity contribution in [2.45, 2.75) is 6.23 Å². The number of fused-ring (bicyclic) bond motifs is 1. The standard InChI is InChI=1S/C14H12N2O4/c17-10-3-1-2-9(6-10)14-15-11-7-8(13(18)16-19)4-5-12(11)20-14/h1-7,14-15,17,19H,(H,16,18). The largest absolute Gasteiger partial charge is 0.508 e. The monoisotopic (exact) mass is 272 g/mol. The van der Waals surface area contributed by atoms with Crippen molar-refractivity contribution in [3.63, 3.8) is 0 Å². The molecule has 0 aromatic heterocycles. The van der Waals surface area contributed by atoms with Crippen LogP contribution in [-0.2, 0) is 0 Å². The maximum absolute atomic E-state index is 11.3. The molecule has 1 aliphatic rings. The summed E-state index contributed by atoms with van der Waals surface area (Å²) in [5.41, 5.74) is 3.33. The van der Waals surface area contributed by atoms with Gasteiger partial charge in [0.1, 0.15) is 11.5 Å². The second kappa shape index (κ2) is 4.75. The minimum atomic E-state index is -0.588. The molecule has 3 rings (SSSR count). The molecule has 1 heterocycles. The number of aromatic hydroxyl groups is 1. The van der Waals surface area contributed by atoms with Gasteiger partial charge in [-0.05, 0) is 30.3 Å². The molecule has 1 unspecified atom stereocenters. The quantitative estimate of drug-likeness (QED) is 0.496. The molecule has 2 aromatic rings. The summed E-state index contributed by atoms with van der Waals surface area (Å²) >= 11 is 0. The first-order chi connectivity index (χ1) is 9.67. The van der Waals surface area contributed by atoms with Crippen LogP contribution in [0.2, 0.25) is 0 Å². The van der Waals surface area contributed by atoms with Crippen LogP contribution in [-0.4, -0.2) is 16.2 Å². The normalized spacial score (nSPS) is 15.9. The van der Waals surface area contributed by atoms with E-state index >= 15 is 0 Å². The van der Waals surface area contributed by atoms with E-state index in [2.05, 4.69) is 5.32 Å². The maximum atomic E-state index is 11.3. The Bertz CT molecular complexity index is 672. The van der Waals surface area contributed by atoms with Crippen molar-refractivity contribution in [2.24, 2.45) is 0 Å². The predicted molar refractivity (Wildman–Crippen MR) is 70.8 cm³/mol. The Hall–Kier alpha value is -2.73. The van der Waals surface area contributed by atoms with E-state index in [0.717, 1.165) is 5.56 Å². The number of hydrogen-bond acceptors (Lipinski definition) is 5. The average Bonchev–Trinajstić information content (AvgIpc) is 2.89. The highest BCUT2D eigenvalue weighted by atomic mass is 16.5. The molecule has 20 heavy (non-hydrogen) atoms. The lowest BCUT2D eigenvalue weighted by molar-refractivity contribution is 0.0706. The number of ether oxygens (including phenoxy) is 1. The van der Waals surface area contributed by atoms with Crippen LogP contribution in [0, 0.1) is 0 Å². The van der Waals surface area contributed by atoms with E-state index in [0.29, 0.717) is 17.0 Å². The summed E-state index contributed by atoms with van der Waals surface area (Å²) in [7, 11) is 0. The van der Waals surface area contributed by atoms with Crippen LogP contribution in [0.1, 0.15) is 22.1 Å². The third-order valence-corrected chi connectivity index (χ3v) is 3.05. The van der Waals surface area contributed by atoms with E-state index in [1.807, 2.05) is 6.07 Å². The van der Waals surface area contributed by atoms with Crippen molar-refractivity contribution < 1.29 is 19.8 Å². The Morgan fingerprint density at radius 2 is 2.10 bits per heavy atom. The number of hydrogen-bond donors (Lipinski definition) is 4. The first-order valence-corrected chi connectivity index (χ1v) is 5.98. The number of carbonyl (C=O) groups is 1. The van der Waals surface area contributed by atoms with Crippen molar-refractivity contribution in [1.29, 1.82) is 0 Å². The van der Waals surface area contributed by atoms with Gasteiger partial charge in [-0.15, -0.1) is 0 Å². The molecular formula is C14H12N2O4. The van der Waals surface area contributed by atoms with Crippen LogP contribution in [0.4, 0.5) is 5.69 Å². The lowest BCUT2D eigenvalue weighted by Crippen LogP contribution is -2.18. The summed E-state index contributed by atoms with van der Waals surface area (Å²) in [6.45, 7) is 0. The number of hydroxylamine groups is 1. The van der Waals surface area contributed by atoms with Crippen molar-refractivity contribution in [2.75, 3.05) is 5.32 Å². The Morgan fingerprint density at radius 1 is 1.25 bits per heavy atom. The molecule has 0 bridgehead atoms. The molecule has 1 amide bonds. The number of nitrogens with one attached hydrogen (secondary N) is 2. The lowest BCUT2D eigenvalue weighted by Gasteiger charge is -2.11. The molecule has 1 atom stereocenters. The number of amides is 1. The summed E-state index contributed by atoms with van der Waals surface area (Å²) in [6.07, 6.45) is -0.426. The summed E-state index contributed by atoms with van der Waals surface area (Å²) < 4.78 is 5.70. The third-order valence-electron chi connectivity index (χ3n) is 3.05. The first kappa shape index (κ1) is 12.3. The highest BCUT2D eigenvalue weighted by Gasteiger charge is 2.24. The number of benzene rings is 2. The topological polar surface area (TPSA) is 90.8 Å². The second-order valence-corrected chi connectivity index (χ2v) is 4.39. The molecule has 0 spiro atoms. The Morgan fingerprint density at radius 3 is 2.85 bits per heavy atom. The van der Waals surface area contributed by atoms with Crippen LogP contribution in [0.15, 0.2) is 42.5 Å². The van der Waals surface area contributed by atoms with Gasteiger partial charge in [-0.1, -0.05) is 12.1 Å². The molecule has 6 heteroatoms. The molecule has 102 valence electrons. The van der Waals surface area contributed by atoms with Crippen LogP contribution >= 0.6 is 0 Å². The molecule has 0 saturated heterocycles. The van der Waals surface area contributed by atoms with E-state index in [-0.39, 0.29) is 5.75 Å².